The van der Waals surface area contributed by atoms with E-state index in [9.17, 15) is 4.79 Å². The molecule has 2 heterocycles. The number of amides is 1. The molecule has 0 aromatic heterocycles. The molecule has 2 saturated heterocycles. The van der Waals surface area contributed by atoms with Crippen molar-refractivity contribution < 1.29 is 4.79 Å². The number of hydrogen-bond acceptors (Lipinski definition) is 3. The molecule has 29 heavy (non-hydrogen) atoms. The van der Waals surface area contributed by atoms with Crippen molar-refractivity contribution in [1.29, 1.82) is 0 Å². The first kappa shape index (κ1) is 20.1. The van der Waals surface area contributed by atoms with Gasteiger partial charge in [-0.1, -0.05) is 60.7 Å². The highest BCUT2D eigenvalue weighted by atomic mass is 16.1. The Kier molecular flexibility index (Phi) is 6.31. The number of rotatable bonds is 5. The van der Waals surface area contributed by atoms with E-state index < -0.39 is 0 Å². The van der Waals surface area contributed by atoms with Gasteiger partial charge in [0, 0.05) is 32.1 Å². The van der Waals surface area contributed by atoms with E-state index in [1.807, 2.05) is 6.07 Å². The van der Waals surface area contributed by atoms with Gasteiger partial charge in [-0.25, -0.2) is 0 Å². The van der Waals surface area contributed by atoms with Crippen LogP contribution in [0.25, 0.3) is 0 Å². The van der Waals surface area contributed by atoms with E-state index in [4.69, 9.17) is 0 Å². The summed E-state index contributed by atoms with van der Waals surface area (Å²) in [6.07, 6.45) is 5.47. The van der Waals surface area contributed by atoms with Gasteiger partial charge in [-0.3, -0.25) is 4.79 Å². The predicted molar refractivity (Wildman–Crippen MR) is 118 cm³/mol. The van der Waals surface area contributed by atoms with E-state index in [0.29, 0.717) is 12.1 Å². The number of hydrogen-bond donors (Lipinski definition) is 2. The Morgan fingerprint density at radius 2 is 1.72 bits per heavy atom. The number of carbonyl (C=O) groups excluding carboxylic acids is 1. The molecule has 0 spiro atoms. The van der Waals surface area contributed by atoms with Crippen LogP contribution in [0.1, 0.15) is 43.7 Å². The van der Waals surface area contributed by atoms with Crippen LogP contribution in [-0.4, -0.2) is 42.5 Å². The van der Waals surface area contributed by atoms with Crippen molar-refractivity contribution in [1.82, 2.24) is 15.5 Å². The Morgan fingerprint density at radius 3 is 2.38 bits per heavy atom. The highest BCUT2D eigenvalue weighted by Crippen LogP contribution is 2.35. The van der Waals surface area contributed by atoms with E-state index >= 15 is 0 Å². The van der Waals surface area contributed by atoms with Crippen LogP contribution in [0.3, 0.4) is 0 Å². The molecule has 2 atom stereocenters. The summed E-state index contributed by atoms with van der Waals surface area (Å²) in [4.78, 5) is 14.6. The van der Waals surface area contributed by atoms with Crippen LogP contribution in [0, 0.1) is 0 Å². The molecular weight excluding hydrogens is 358 g/mol. The largest absolute Gasteiger partial charge is 0.347 e. The zero-order chi connectivity index (χ0) is 20.1. The van der Waals surface area contributed by atoms with Crippen LogP contribution in [0.4, 0.5) is 0 Å². The van der Waals surface area contributed by atoms with E-state index in [0.717, 1.165) is 38.9 Å². The molecule has 2 aliphatic heterocycles. The fraction of sp³-hybridized carbons (Fsp3) is 0.480. The summed E-state index contributed by atoms with van der Waals surface area (Å²) in [7, 11) is 0. The molecule has 0 radical (unpaired) electrons. The lowest BCUT2D eigenvalue weighted by atomic mass is 9.79. The highest BCUT2D eigenvalue weighted by Gasteiger charge is 2.39. The van der Waals surface area contributed by atoms with Gasteiger partial charge in [0.1, 0.15) is 0 Å². The first-order chi connectivity index (χ1) is 14.1. The second-order valence-corrected chi connectivity index (χ2v) is 8.68. The molecule has 2 fully saturated rings. The van der Waals surface area contributed by atoms with Crippen LogP contribution >= 0.6 is 0 Å². The van der Waals surface area contributed by atoms with Crippen molar-refractivity contribution in [3.63, 3.8) is 0 Å². The summed E-state index contributed by atoms with van der Waals surface area (Å²) in [6, 6.07) is 22.5. The third-order valence-corrected chi connectivity index (χ3v) is 6.70. The molecule has 4 rings (SSSR count). The maximum Gasteiger partial charge on any atom is 0.217 e. The SMILES string of the molecule is CC(=O)NC1(c2ccccc2)CCN([C@H]2CCN[C@H](Cc3ccccc3)C2)CC1. The van der Waals surface area contributed by atoms with Gasteiger partial charge >= 0.3 is 0 Å². The summed E-state index contributed by atoms with van der Waals surface area (Å²) < 4.78 is 0. The molecule has 0 aliphatic carbocycles. The van der Waals surface area contributed by atoms with E-state index in [1.54, 1.807) is 6.92 Å². The Labute approximate surface area is 174 Å². The average Bonchev–Trinajstić information content (AvgIpc) is 2.75. The van der Waals surface area contributed by atoms with E-state index in [1.165, 1.54) is 24.0 Å². The second-order valence-electron chi connectivity index (χ2n) is 8.68. The number of carbonyl (C=O) groups is 1. The van der Waals surface area contributed by atoms with Gasteiger partial charge < -0.3 is 15.5 Å². The summed E-state index contributed by atoms with van der Waals surface area (Å²) in [5, 5.41) is 7.02. The summed E-state index contributed by atoms with van der Waals surface area (Å²) in [6.45, 7) is 4.81. The van der Waals surface area contributed by atoms with Gasteiger partial charge in [0.05, 0.1) is 5.54 Å². The maximum atomic E-state index is 12.0. The number of likely N-dealkylation sites (tertiary alicyclic amines) is 1. The van der Waals surface area contributed by atoms with Gasteiger partial charge in [-0.2, -0.15) is 0 Å². The van der Waals surface area contributed by atoms with Gasteiger partial charge in [0.2, 0.25) is 5.91 Å². The third kappa shape index (κ3) is 4.88. The van der Waals surface area contributed by atoms with E-state index in [2.05, 4.69) is 70.1 Å². The first-order valence-electron chi connectivity index (χ1n) is 11.0. The minimum atomic E-state index is -0.222. The second kappa shape index (κ2) is 9.10. The van der Waals surface area contributed by atoms with Crippen molar-refractivity contribution in [2.75, 3.05) is 19.6 Å². The molecule has 0 saturated carbocycles. The number of nitrogens with one attached hydrogen (secondary N) is 2. The van der Waals surface area contributed by atoms with Crippen molar-refractivity contribution in [2.24, 2.45) is 0 Å². The predicted octanol–water partition coefficient (Wildman–Crippen LogP) is 3.48. The minimum Gasteiger partial charge on any atom is -0.347 e. The monoisotopic (exact) mass is 391 g/mol. The van der Waals surface area contributed by atoms with Crippen molar-refractivity contribution in [2.45, 2.75) is 56.7 Å². The summed E-state index contributed by atoms with van der Waals surface area (Å²) in [5.41, 5.74) is 2.43. The Morgan fingerprint density at radius 1 is 1.07 bits per heavy atom. The van der Waals surface area contributed by atoms with Crippen LogP contribution in [-0.2, 0) is 16.8 Å². The smallest absolute Gasteiger partial charge is 0.217 e. The molecule has 4 nitrogen and oxygen atoms in total. The molecule has 2 N–H and O–H groups in total. The number of piperidine rings is 2. The topological polar surface area (TPSA) is 44.4 Å². The van der Waals surface area contributed by atoms with Crippen LogP contribution in [0.5, 0.6) is 0 Å². The molecule has 1 amide bonds. The number of nitrogens with zero attached hydrogens (tertiary/aromatic N) is 1. The van der Waals surface area contributed by atoms with Gasteiger partial charge in [0.15, 0.2) is 0 Å². The summed E-state index contributed by atoms with van der Waals surface area (Å²) >= 11 is 0. The molecule has 0 bridgehead atoms. The number of benzene rings is 2. The molecule has 0 unspecified atom stereocenters. The average molecular weight is 392 g/mol. The van der Waals surface area contributed by atoms with E-state index in [-0.39, 0.29) is 11.4 Å². The standard InChI is InChI=1S/C25H33N3O/c1-20(29)27-25(22-10-6-3-7-11-22)13-16-28(17-14-25)24-12-15-26-23(19-24)18-21-8-4-2-5-9-21/h2-11,23-24,26H,12-19H2,1H3,(H,27,29)/t23-,24+/m1/s1. The lowest BCUT2D eigenvalue weighted by Crippen LogP contribution is -2.56. The summed E-state index contributed by atoms with van der Waals surface area (Å²) in [5.74, 6) is 0.0621. The quantitative estimate of drug-likeness (QED) is 0.820. The molecule has 2 aromatic carbocycles. The lowest BCUT2D eigenvalue weighted by molar-refractivity contribution is -0.121. The van der Waals surface area contributed by atoms with Crippen LogP contribution < -0.4 is 10.6 Å². The fourth-order valence-corrected chi connectivity index (χ4v) is 5.22. The van der Waals surface area contributed by atoms with Crippen LogP contribution in [0.15, 0.2) is 60.7 Å². The zero-order valence-electron chi connectivity index (χ0n) is 17.4. The van der Waals surface area contributed by atoms with Crippen LogP contribution in [0.2, 0.25) is 0 Å². The normalized spacial score (nSPS) is 24.7. The zero-order valence-corrected chi connectivity index (χ0v) is 17.4. The Balaban J connectivity index is 1.39. The Hall–Kier alpha value is -2.17. The lowest BCUT2D eigenvalue weighted by Gasteiger charge is -2.47. The van der Waals surface area contributed by atoms with Crippen molar-refractivity contribution >= 4 is 5.91 Å². The van der Waals surface area contributed by atoms with Gasteiger partial charge in [-0.05, 0) is 49.8 Å². The van der Waals surface area contributed by atoms with Crippen molar-refractivity contribution in [3.8, 4) is 0 Å². The molecule has 154 valence electrons. The molecular formula is C25H33N3O. The van der Waals surface area contributed by atoms with Gasteiger partial charge in [0.25, 0.3) is 0 Å². The fourth-order valence-electron chi connectivity index (χ4n) is 5.22. The van der Waals surface area contributed by atoms with Crippen molar-refractivity contribution in [3.05, 3.63) is 71.8 Å². The molecule has 2 aliphatic rings. The van der Waals surface area contributed by atoms with Gasteiger partial charge in [-0.15, -0.1) is 0 Å². The highest BCUT2D eigenvalue weighted by molar-refractivity contribution is 5.74. The molecule has 2 aromatic rings. The minimum absolute atomic E-state index is 0.0621. The Bertz CT molecular complexity index is 784. The first-order valence-corrected chi connectivity index (χ1v) is 11.0. The third-order valence-electron chi connectivity index (χ3n) is 6.70. The molecule has 4 heteroatoms. The maximum absolute atomic E-state index is 12.0.